The molecule has 8 aromatic rings. The number of halogens is 1. The van der Waals surface area contributed by atoms with Crippen LogP contribution < -0.4 is 21.3 Å². The second kappa shape index (κ2) is 23.0. The summed E-state index contributed by atoms with van der Waals surface area (Å²) in [6, 6.07) is 45.2. The van der Waals surface area contributed by atoms with Gasteiger partial charge in [0.2, 0.25) is 0 Å². The van der Waals surface area contributed by atoms with Gasteiger partial charge in [0.15, 0.2) is 0 Å². The molecular formula is C50H49BrN8O4. The van der Waals surface area contributed by atoms with Crippen molar-refractivity contribution in [3.63, 3.8) is 0 Å². The standard InChI is InChI=1S/C25H24N4O2.C13H14N2O2.C12H11BrN2/c1-18-15-26-24(27-21-10-6-3-7-11-21)14-23(18)29-13-12-20(16-29)25(31)28-22(17-30)19-8-4-2-5-9-19;16-9-12(10-4-2-1-3-5-10)15-13(17)11-6-7-14-8-11;1-9-8-14-12(7-11(9)13)15-10-5-3-2-4-6-10/h2-16,22,30H,17H2,1H3,(H,26,27)(H,28,31);1-8,12,14,16H,9H2,(H,15,17);2-8H,1H3,(H,14,15). The van der Waals surface area contributed by atoms with Gasteiger partial charge in [-0.2, -0.15) is 0 Å². The highest BCUT2D eigenvalue weighted by molar-refractivity contribution is 9.10. The average molecular weight is 906 g/mol. The van der Waals surface area contributed by atoms with E-state index in [2.05, 4.69) is 52.1 Å². The lowest BCUT2D eigenvalue weighted by atomic mass is 10.1. The predicted octanol–water partition coefficient (Wildman–Crippen LogP) is 9.76. The highest BCUT2D eigenvalue weighted by atomic mass is 79.9. The molecule has 4 heterocycles. The van der Waals surface area contributed by atoms with Crippen molar-refractivity contribution in [1.29, 1.82) is 0 Å². The third kappa shape index (κ3) is 13.3. The summed E-state index contributed by atoms with van der Waals surface area (Å²) in [4.78, 5) is 36.1. The van der Waals surface area contributed by atoms with Crippen LogP contribution in [-0.2, 0) is 0 Å². The van der Waals surface area contributed by atoms with Gasteiger partial charge in [0.1, 0.15) is 11.6 Å². The van der Waals surface area contributed by atoms with Gasteiger partial charge in [-0.05, 0) is 78.6 Å². The maximum atomic E-state index is 12.8. The first-order chi connectivity index (χ1) is 30.7. The monoisotopic (exact) mass is 904 g/mol. The van der Waals surface area contributed by atoms with E-state index in [1.165, 1.54) is 0 Å². The van der Waals surface area contributed by atoms with E-state index in [1.54, 1.807) is 36.9 Å². The molecule has 2 atom stereocenters. The Bertz CT molecular complexity index is 2630. The molecular weight excluding hydrogens is 857 g/mol. The van der Waals surface area contributed by atoms with Crippen LogP contribution in [0.1, 0.15) is 55.1 Å². The zero-order valence-corrected chi connectivity index (χ0v) is 36.4. The summed E-state index contributed by atoms with van der Waals surface area (Å²) in [6.45, 7) is 3.70. The van der Waals surface area contributed by atoms with Crippen molar-refractivity contribution in [2.45, 2.75) is 25.9 Å². The van der Waals surface area contributed by atoms with E-state index < -0.39 is 6.04 Å². The number of H-pyrrole nitrogens is 1. The number of aryl methyl sites for hydroxylation is 2. The second-order valence-corrected chi connectivity index (χ2v) is 15.2. The van der Waals surface area contributed by atoms with Crippen LogP contribution in [0.4, 0.5) is 23.0 Å². The van der Waals surface area contributed by atoms with E-state index in [-0.39, 0.29) is 31.1 Å². The van der Waals surface area contributed by atoms with Crippen LogP contribution in [0.3, 0.4) is 0 Å². The largest absolute Gasteiger partial charge is 0.394 e. The number of aliphatic hydroxyl groups is 2. The Labute approximate surface area is 375 Å². The molecule has 2 unspecified atom stereocenters. The van der Waals surface area contributed by atoms with Crippen molar-refractivity contribution in [3.05, 3.63) is 221 Å². The van der Waals surface area contributed by atoms with Crippen molar-refractivity contribution < 1.29 is 19.8 Å². The number of anilines is 4. The summed E-state index contributed by atoms with van der Waals surface area (Å²) in [5.41, 5.74) is 7.86. The van der Waals surface area contributed by atoms with Crippen LogP contribution in [0.15, 0.2) is 187 Å². The number of aromatic nitrogens is 4. The molecule has 0 saturated carbocycles. The van der Waals surface area contributed by atoms with Gasteiger partial charge in [0.25, 0.3) is 11.8 Å². The lowest BCUT2D eigenvalue weighted by Gasteiger charge is -2.16. The van der Waals surface area contributed by atoms with Crippen LogP contribution in [-0.4, -0.2) is 54.8 Å². The molecule has 0 aliphatic rings. The smallest absolute Gasteiger partial charge is 0.253 e. The average Bonchev–Trinajstić information content (AvgIpc) is 4.06. The van der Waals surface area contributed by atoms with Crippen molar-refractivity contribution in [2.75, 3.05) is 23.8 Å². The van der Waals surface area contributed by atoms with Crippen molar-refractivity contribution >= 4 is 50.8 Å². The SMILES string of the molecule is Cc1cnc(Nc2ccccc2)cc1-n1ccc(C(=O)NC(CO)c2ccccc2)c1.Cc1cnc(Nc2ccccc2)cc1Br.O=C(NC(CO)c1ccccc1)c1cc[nH]c1. The van der Waals surface area contributed by atoms with Crippen LogP contribution in [0, 0.1) is 13.8 Å². The number of hydrogen-bond donors (Lipinski definition) is 7. The zero-order chi connectivity index (χ0) is 44.4. The summed E-state index contributed by atoms with van der Waals surface area (Å²) >= 11 is 3.48. The minimum atomic E-state index is -0.457. The van der Waals surface area contributed by atoms with Crippen LogP contribution in [0.25, 0.3) is 5.69 Å². The first kappa shape index (κ1) is 45.2. The van der Waals surface area contributed by atoms with E-state index in [4.69, 9.17) is 0 Å². The Morgan fingerprint density at radius 2 is 1.11 bits per heavy atom. The quantitative estimate of drug-likeness (QED) is 0.0600. The lowest BCUT2D eigenvalue weighted by Crippen LogP contribution is -2.30. The van der Waals surface area contributed by atoms with E-state index in [0.29, 0.717) is 11.1 Å². The van der Waals surface area contributed by atoms with E-state index in [9.17, 15) is 19.8 Å². The minimum Gasteiger partial charge on any atom is -0.394 e. The van der Waals surface area contributed by atoms with Gasteiger partial charge >= 0.3 is 0 Å². The van der Waals surface area contributed by atoms with Crippen LogP contribution in [0.2, 0.25) is 0 Å². The van der Waals surface area contributed by atoms with Crippen molar-refractivity contribution in [2.24, 2.45) is 0 Å². The van der Waals surface area contributed by atoms with Gasteiger partial charge < -0.3 is 41.0 Å². The molecule has 4 aromatic heterocycles. The Morgan fingerprint density at radius 3 is 1.59 bits per heavy atom. The minimum absolute atomic E-state index is 0.125. The molecule has 0 saturated heterocycles. The van der Waals surface area contributed by atoms with Crippen molar-refractivity contribution in [3.8, 4) is 5.69 Å². The molecule has 8 rings (SSSR count). The number of aromatic amines is 1. The van der Waals surface area contributed by atoms with E-state index in [1.807, 2.05) is 164 Å². The number of hydrogen-bond acceptors (Lipinski definition) is 8. The molecule has 0 aliphatic carbocycles. The number of carbonyl (C=O) groups is 2. The lowest BCUT2D eigenvalue weighted by molar-refractivity contribution is 0.0909. The number of carbonyl (C=O) groups excluding carboxylic acids is 2. The first-order valence-corrected chi connectivity index (χ1v) is 21.0. The first-order valence-electron chi connectivity index (χ1n) is 20.2. The van der Waals surface area contributed by atoms with Gasteiger partial charge in [0, 0.05) is 59.1 Å². The van der Waals surface area contributed by atoms with Gasteiger partial charge in [-0.3, -0.25) is 9.59 Å². The van der Waals surface area contributed by atoms with Gasteiger partial charge in [0.05, 0.1) is 42.1 Å². The van der Waals surface area contributed by atoms with E-state index >= 15 is 0 Å². The maximum Gasteiger partial charge on any atom is 0.253 e. The Kier molecular flexibility index (Phi) is 16.5. The summed E-state index contributed by atoms with van der Waals surface area (Å²) in [7, 11) is 0. The maximum absolute atomic E-state index is 12.8. The molecule has 0 spiro atoms. The Hall–Kier alpha value is -7.32. The molecule has 4 aromatic carbocycles. The van der Waals surface area contributed by atoms with Crippen LogP contribution in [0.5, 0.6) is 0 Å². The predicted molar refractivity (Wildman–Crippen MR) is 253 cm³/mol. The number of para-hydroxylation sites is 2. The zero-order valence-electron chi connectivity index (χ0n) is 34.8. The fourth-order valence-corrected chi connectivity index (χ4v) is 6.55. The molecule has 2 amide bonds. The molecule has 63 heavy (non-hydrogen) atoms. The summed E-state index contributed by atoms with van der Waals surface area (Å²) in [5, 5.41) is 31.2. The van der Waals surface area contributed by atoms with Gasteiger partial charge in [-0.1, -0.05) is 113 Å². The fourth-order valence-electron chi connectivity index (χ4n) is 6.23. The van der Waals surface area contributed by atoms with Crippen LogP contribution >= 0.6 is 15.9 Å². The number of pyridine rings is 2. The molecule has 0 fully saturated rings. The van der Waals surface area contributed by atoms with Crippen molar-refractivity contribution in [1.82, 2.24) is 30.2 Å². The number of nitrogens with one attached hydrogen (secondary N) is 5. The number of aliphatic hydroxyl groups excluding tert-OH is 2. The molecule has 0 radical (unpaired) electrons. The Morgan fingerprint density at radius 1 is 0.635 bits per heavy atom. The summed E-state index contributed by atoms with van der Waals surface area (Å²) < 4.78 is 2.97. The number of benzene rings is 4. The highest BCUT2D eigenvalue weighted by Gasteiger charge is 2.17. The summed E-state index contributed by atoms with van der Waals surface area (Å²) in [5.74, 6) is 1.12. The highest BCUT2D eigenvalue weighted by Crippen LogP contribution is 2.23. The molecule has 13 heteroatoms. The fraction of sp³-hybridized carbons (Fsp3) is 0.120. The third-order valence-electron chi connectivity index (χ3n) is 9.68. The molecule has 7 N–H and O–H groups in total. The molecule has 0 bridgehead atoms. The second-order valence-electron chi connectivity index (χ2n) is 14.3. The third-order valence-corrected chi connectivity index (χ3v) is 10.5. The summed E-state index contributed by atoms with van der Waals surface area (Å²) in [6.07, 6.45) is 10.6. The number of amides is 2. The van der Waals surface area contributed by atoms with Gasteiger partial charge in [-0.15, -0.1) is 0 Å². The van der Waals surface area contributed by atoms with E-state index in [0.717, 1.165) is 55.4 Å². The molecule has 0 aliphatic heterocycles. The Balaban J connectivity index is 0.000000174. The molecule has 12 nitrogen and oxygen atoms in total. The topological polar surface area (TPSA) is 169 Å². The molecule has 320 valence electrons. The normalized spacial score (nSPS) is 11.4. The number of nitrogens with zero attached hydrogens (tertiary/aromatic N) is 3. The number of rotatable bonds is 13. The van der Waals surface area contributed by atoms with Gasteiger partial charge in [-0.25, -0.2) is 9.97 Å².